The maximum absolute atomic E-state index is 11.9. The van der Waals surface area contributed by atoms with E-state index in [0.717, 1.165) is 25.7 Å². The van der Waals surface area contributed by atoms with Crippen LogP contribution in [0.1, 0.15) is 59.3 Å². The van der Waals surface area contributed by atoms with Crippen molar-refractivity contribution in [3.63, 3.8) is 0 Å². The van der Waals surface area contributed by atoms with Gasteiger partial charge in [0.25, 0.3) is 0 Å². The van der Waals surface area contributed by atoms with Crippen LogP contribution in [-0.4, -0.2) is 41.6 Å². The SMILES string of the molecule is CC(C)(C)OC(=O)NC1CCCC(NC2CCC(=O)NC2=O)C1. The van der Waals surface area contributed by atoms with Crippen molar-refractivity contribution in [2.45, 2.75) is 83.0 Å². The average molecular weight is 325 g/mol. The molecule has 23 heavy (non-hydrogen) atoms. The van der Waals surface area contributed by atoms with E-state index in [1.165, 1.54) is 0 Å². The minimum Gasteiger partial charge on any atom is -0.444 e. The summed E-state index contributed by atoms with van der Waals surface area (Å²) in [4.78, 5) is 34.8. The Morgan fingerprint density at radius 3 is 2.52 bits per heavy atom. The number of carbonyl (C=O) groups excluding carboxylic acids is 3. The largest absolute Gasteiger partial charge is 0.444 e. The van der Waals surface area contributed by atoms with Gasteiger partial charge in [-0.3, -0.25) is 14.9 Å². The Balaban J connectivity index is 1.80. The number of amides is 3. The molecule has 130 valence electrons. The third-order valence-corrected chi connectivity index (χ3v) is 4.07. The fourth-order valence-electron chi connectivity index (χ4n) is 3.08. The summed E-state index contributed by atoms with van der Waals surface area (Å²) < 4.78 is 5.28. The van der Waals surface area contributed by atoms with Crippen LogP contribution >= 0.6 is 0 Å². The molecule has 1 saturated carbocycles. The number of ether oxygens (including phenoxy) is 1. The van der Waals surface area contributed by atoms with Gasteiger partial charge in [-0.05, 0) is 52.9 Å². The van der Waals surface area contributed by atoms with Gasteiger partial charge < -0.3 is 15.4 Å². The summed E-state index contributed by atoms with van der Waals surface area (Å²) in [6, 6.07) is -0.116. The first-order valence-electron chi connectivity index (χ1n) is 8.32. The number of alkyl carbamates (subject to hydrolysis) is 1. The fourth-order valence-corrected chi connectivity index (χ4v) is 3.08. The average Bonchev–Trinajstić information content (AvgIpc) is 2.40. The molecule has 1 heterocycles. The Morgan fingerprint density at radius 1 is 1.17 bits per heavy atom. The van der Waals surface area contributed by atoms with Gasteiger partial charge in [-0.15, -0.1) is 0 Å². The van der Waals surface area contributed by atoms with E-state index in [-0.39, 0.29) is 29.9 Å². The van der Waals surface area contributed by atoms with E-state index in [0.29, 0.717) is 12.8 Å². The van der Waals surface area contributed by atoms with Crippen LogP contribution < -0.4 is 16.0 Å². The summed E-state index contributed by atoms with van der Waals surface area (Å²) in [6.45, 7) is 5.50. The van der Waals surface area contributed by atoms with Gasteiger partial charge in [0.05, 0.1) is 6.04 Å². The first kappa shape index (κ1) is 17.7. The van der Waals surface area contributed by atoms with Gasteiger partial charge in [0, 0.05) is 18.5 Å². The minimum atomic E-state index is -0.511. The molecule has 2 aliphatic rings. The normalized spacial score (nSPS) is 28.9. The molecule has 1 saturated heterocycles. The van der Waals surface area contributed by atoms with Gasteiger partial charge in [-0.2, -0.15) is 0 Å². The second-order valence-corrected chi connectivity index (χ2v) is 7.38. The Morgan fingerprint density at radius 2 is 1.87 bits per heavy atom. The van der Waals surface area contributed by atoms with Crippen LogP contribution in [0.25, 0.3) is 0 Å². The summed E-state index contributed by atoms with van der Waals surface area (Å²) in [5.41, 5.74) is -0.511. The quantitative estimate of drug-likeness (QED) is 0.678. The lowest BCUT2D eigenvalue weighted by molar-refractivity contribution is -0.135. The lowest BCUT2D eigenvalue weighted by atomic mass is 9.90. The zero-order chi connectivity index (χ0) is 17.0. The molecule has 3 amide bonds. The Bertz CT molecular complexity index is 472. The molecule has 2 rings (SSSR count). The van der Waals surface area contributed by atoms with Crippen LogP contribution in [0.15, 0.2) is 0 Å². The molecule has 0 aromatic rings. The number of carbonyl (C=O) groups is 3. The molecule has 0 radical (unpaired) electrons. The van der Waals surface area contributed by atoms with Crippen molar-refractivity contribution < 1.29 is 19.1 Å². The second kappa shape index (κ2) is 7.29. The Labute approximate surface area is 136 Å². The van der Waals surface area contributed by atoms with Gasteiger partial charge in [0.15, 0.2) is 0 Å². The van der Waals surface area contributed by atoms with E-state index in [1.54, 1.807) is 0 Å². The summed E-state index contributed by atoms with van der Waals surface area (Å²) in [7, 11) is 0. The molecular formula is C16H27N3O4. The highest BCUT2D eigenvalue weighted by Gasteiger charge is 2.31. The van der Waals surface area contributed by atoms with Crippen molar-refractivity contribution in [3.8, 4) is 0 Å². The number of nitrogens with one attached hydrogen (secondary N) is 3. The summed E-state index contributed by atoms with van der Waals surface area (Å²) in [5.74, 6) is -0.454. The molecule has 2 fully saturated rings. The summed E-state index contributed by atoms with van der Waals surface area (Å²) >= 11 is 0. The molecule has 7 heteroatoms. The van der Waals surface area contributed by atoms with Gasteiger partial charge >= 0.3 is 6.09 Å². The molecule has 0 bridgehead atoms. The molecule has 7 nitrogen and oxygen atoms in total. The number of imide groups is 1. The van der Waals surface area contributed by atoms with E-state index in [2.05, 4.69) is 16.0 Å². The van der Waals surface area contributed by atoms with Crippen LogP contribution in [0.3, 0.4) is 0 Å². The molecular weight excluding hydrogens is 298 g/mol. The van der Waals surface area contributed by atoms with Gasteiger partial charge in [0.2, 0.25) is 11.8 Å². The van der Waals surface area contributed by atoms with Crippen molar-refractivity contribution in [2.75, 3.05) is 0 Å². The molecule has 0 aromatic carbocycles. The molecule has 0 aromatic heterocycles. The molecule has 3 unspecified atom stereocenters. The lowest BCUT2D eigenvalue weighted by Gasteiger charge is -2.34. The summed E-state index contributed by atoms with van der Waals surface area (Å²) in [6.07, 6.45) is 4.12. The molecule has 1 aliphatic carbocycles. The topological polar surface area (TPSA) is 96.5 Å². The summed E-state index contributed by atoms with van der Waals surface area (Å²) in [5, 5.41) is 8.59. The van der Waals surface area contributed by atoms with E-state index in [9.17, 15) is 14.4 Å². The highest BCUT2D eigenvalue weighted by atomic mass is 16.6. The monoisotopic (exact) mass is 325 g/mol. The van der Waals surface area contributed by atoms with E-state index in [1.807, 2.05) is 20.8 Å². The predicted molar refractivity (Wildman–Crippen MR) is 84.7 cm³/mol. The van der Waals surface area contributed by atoms with Crippen LogP contribution in [0.2, 0.25) is 0 Å². The van der Waals surface area contributed by atoms with Crippen LogP contribution in [0, 0.1) is 0 Å². The smallest absolute Gasteiger partial charge is 0.407 e. The van der Waals surface area contributed by atoms with E-state index >= 15 is 0 Å². The molecule has 3 atom stereocenters. The van der Waals surface area contributed by atoms with Gasteiger partial charge in [-0.25, -0.2) is 4.79 Å². The van der Waals surface area contributed by atoms with Crippen LogP contribution in [0.4, 0.5) is 4.79 Å². The first-order valence-corrected chi connectivity index (χ1v) is 8.32. The standard InChI is InChI=1S/C16H27N3O4/c1-16(2,3)23-15(22)18-11-6-4-5-10(9-11)17-12-7-8-13(20)19-14(12)21/h10-12,17H,4-9H2,1-3H3,(H,18,22)(H,19,20,21). The maximum atomic E-state index is 11.9. The van der Waals surface area contributed by atoms with Crippen molar-refractivity contribution in [3.05, 3.63) is 0 Å². The molecule has 0 spiro atoms. The van der Waals surface area contributed by atoms with Gasteiger partial charge in [-0.1, -0.05) is 0 Å². The lowest BCUT2D eigenvalue weighted by Crippen LogP contribution is -2.55. The van der Waals surface area contributed by atoms with E-state index < -0.39 is 11.7 Å². The zero-order valence-corrected chi connectivity index (χ0v) is 14.1. The highest BCUT2D eigenvalue weighted by molar-refractivity contribution is 6.00. The molecule has 3 N–H and O–H groups in total. The van der Waals surface area contributed by atoms with Crippen molar-refractivity contribution in [1.82, 2.24) is 16.0 Å². The van der Waals surface area contributed by atoms with Crippen molar-refractivity contribution >= 4 is 17.9 Å². The zero-order valence-electron chi connectivity index (χ0n) is 14.1. The van der Waals surface area contributed by atoms with Crippen molar-refractivity contribution in [1.29, 1.82) is 0 Å². The third kappa shape index (κ3) is 5.82. The predicted octanol–water partition coefficient (Wildman–Crippen LogP) is 1.22. The van der Waals surface area contributed by atoms with Crippen molar-refractivity contribution in [2.24, 2.45) is 0 Å². The number of hydrogen-bond donors (Lipinski definition) is 3. The highest BCUT2D eigenvalue weighted by Crippen LogP contribution is 2.21. The fraction of sp³-hybridized carbons (Fsp3) is 0.812. The number of hydrogen-bond acceptors (Lipinski definition) is 5. The van der Waals surface area contributed by atoms with E-state index in [4.69, 9.17) is 4.74 Å². The van der Waals surface area contributed by atoms with Gasteiger partial charge in [0.1, 0.15) is 5.60 Å². The third-order valence-electron chi connectivity index (χ3n) is 4.07. The number of piperidine rings is 1. The minimum absolute atomic E-state index is 0.0457. The maximum Gasteiger partial charge on any atom is 0.407 e. The van der Waals surface area contributed by atoms with Crippen LogP contribution in [-0.2, 0) is 14.3 Å². The number of rotatable bonds is 3. The molecule has 1 aliphatic heterocycles. The Kier molecular flexibility index (Phi) is 5.62. The first-order chi connectivity index (χ1) is 10.7. The Hall–Kier alpha value is -1.63. The van der Waals surface area contributed by atoms with Crippen LogP contribution in [0.5, 0.6) is 0 Å². The second-order valence-electron chi connectivity index (χ2n) is 7.38.